The van der Waals surface area contributed by atoms with Crippen LogP contribution < -0.4 is 11.1 Å². The van der Waals surface area contributed by atoms with Crippen LogP contribution in [0.15, 0.2) is 51.9 Å². The summed E-state index contributed by atoms with van der Waals surface area (Å²) in [7, 11) is 0. The lowest BCUT2D eigenvalue weighted by Gasteiger charge is -2.04. The maximum Gasteiger partial charge on any atom is 0.417 e. The van der Waals surface area contributed by atoms with Gasteiger partial charge < -0.3 is 9.73 Å². The standard InChI is InChI=1S/C14H11N3O3.ClH/c18-13(10-2-1-5-15-8-10)16-7-9-3-4-11-12(6-9)20-14(19)17-11;/h1-6,8H,7H2,(H,16,18)(H,17,19);1H. The van der Waals surface area contributed by atoms with Gasteiger partial charge in [-0.2, -0.15) is 0 Å². The Balaban J connectivity index is 0.00000161. The number of nitrogens with one attached hydrogen (secondary N) is 2. The minimum Gasteiger partial charge on any atom is -0.408 e. The number of amides is 1. The van der Waals surface area contributed by atoms with Gasteiger partial charge in [0.05, 0.1) is 11.1 Å². The molecule has 0 atom stereocenters. The normalized spacial score (nSPS) is 10.1. The minimum atomic E-state index is -0.489. The van der Waals surface area contributed by atoms with Gasteiger partial charge in [0.2, 0.25) is 0 Å². The molecule has 0 unspecified atom stereocenters. The second-order valence-electron chi connectivity index (χ2n) is 4.27. The van der Waals surface area contributed by atoms with Crippen molar-refractivity contribution in [3.8, 4) is 0 Å². The van der Waals surface area contributed by atoms with Crippen molar-refractivity contribution in [2.75, 3.05) is 0 Å². The van der Waals surface area contributed by atoms with Crippen LogP contribution in [-0.2, 0) is 6.54 Å². The topological polar surface area (TPSA) is 88.0 Å². The summed E-state index contributed by atoms with van der Waals surface area (Å²) in [5.41, 5.74) is 2.46. The van der Waals surface area contributed by atoms with E-state index < -0.39 is 5.76 Å². The van der Waals surface area contributed by atoms with E-state index in [1.54, 1.807) is 30.5 Å². The first-order valence-corrected chi connectivity index (χ1v) is 6.02. The molecule has 0 aliphatic heterocycles. The summed E-state index contributed by atoms with van der Waals surface area (Å²) in [6.07, 6.45) is 3.11. The van der Waals surface area contributed by atoms with Crippen molar-refractivity contribution in [3.05, 3.63) is 64.4 Å². The molecule has 2 heterocycles. The van der Waals surface area contributed by atoms with Crippen LogP contribution in [0.2, 0.25) is 0 Å². The fourth-order valence-electron chi connectivity index (χ4n) is 1.88. The fourth-order valence-corrected chi connectivity index (χ4v) is 1.88. The first kappa shape index (κ1) is 14.8. The molecule has 3 rings (SSSR count). The maximum atomic E-state index is 11.9. The quantitative estimate of drug-likeness (QED) is 0.773. The number of fused-ring (bicyclic) bond motifs is 1. The lowest BCUT2D eigenvalue weighted by Crippen LogP contribution is -2.22. The first-order chi connectivity index (χ1) is 9.72. The van der Waals surface area contributed by atoms with Crippen molar-refractivity contribution in [1.29, 1.82) is 0 Å². The summed E-state index contributed by atoms with van der Waals surface area (Å²) >= 11 is 0. The van der Waals surface area contributed by atoms with E-state index in [1.807, 2.05) is 6.07 Å². The third-order valence-electron chi connectivity index (χ3n) is 2.86. The van der Waals surface area contributed by atoms with Gasteiger partial charge in [0.25, 0.3) is 5.91 Å². The Morgan fingerprint density at radius 3 is 2.95 bits per heavy atom. The summed E-state index contributed by atoms with van der Waals surface area (Å²) in [6.45, 7) is 0.346. The first-order valence-electron chi connectivity index (χ1n) is 6.02. The van der Waals surface area contributed by atoms with Gasteiger partial charge in [0, 0.05) is 18.9 Å². The minimum absolute atomic E-state index is 0. The highest BCUT2D eigenvalue weighted by molar-refractivity contribution is 5.93. The van der Waals surface area contributed by atoms with Crippen LogP contribution in [0.4, 0.5) is 0 Å². The van der Waals surface area contributed by atoms with Crippen molar-refractivity contribution in [3.63, 3.8) is 0 Å². The molecule has 2 aromatic heterocycles. The molecule has 0 bridgehead atoms. The monoisotopic (exact) mass is 305 g/mol. The second-order valence-corrected chi connectivity index (χ2v) is 4.27. The van der Waals surface area contributed by atoms with Crippen LogP contribution in [0.5, 0.6) is 0 Å². The van der Waals surface area contributed by atoms with Gasteiger partial charge in [0.15, 0.2) is 5.58 Å². The number of aromatic nitrogens is 2. The summed E-state index contributed by atoms with van der Waals surface area (Å²) in [5.74, 6) is -0.690. The van der Waals surface area contributed by atoms with Crippen molar-refractivity contribution >= 4 is 29.4 Å². The summed E-state index contributed by atoms with van der Waals surface area (Å²) < 4.78 is 4.97. The largest absolute Gasteiger partial charge is 0.417 e. The lowest BCUT2D eigenvalue weighted by atomic mass is 10.2. The Kier molecular flexibility index (Phi) is 4.39. The van der Waals surface area contributed by atoms with E-state index in [2.05, 4.69) is 15.3 Å². The van der Waals surface area contributed by atoms with Crippen molar-refractivity contribution < 1.29 is 9.21 Å². The summed E-state index contributed by atoms with van der Waals surface area (Å²) in [4.78, 5) is 29.4. The number of pyridine rings is 1. The van der Waals surface area contributed by atoms with Crippen LogP contribution in [0.3, 0.4) is 0 Å². The van der Waals surface area contributed by atoms with E-state index in [9.17, 15) is 9.59 Å². The number of benzene rings is 1. The Morgan fingerprint density at radius 2 is 2.19 bits per heavy atom. The predicted octanol–water partition coefficient (Wildman–Crippen LogP) is 1.87. The summed E-state index contributed by atoms with van der Waals surface area (Å²) in [5, 5.41) is 2.78. The van der Waals surface area contributed by atoms with Gasteiger partial charge in [0.1, 0.15) is 0 Å². The zero-order valence-corrected chi connectivity index (χ0v) is 11.6. The van der Waals surface area contributed by atoms with Gasteiger partial charge in [-0.05, 0) is 29.8 Å². The van der Waals surface area contributed by atoms with Crippen molar-refractivity contribution in [2.24, 2.45) is 0 Å². The number of aromatic amines is 1. The predicted molar refractivity (Wildman–Crippen MR) is 79.5 cm³/mol. The average molecular weight is 306 g/mol. The zero-order valence-electron chi connectivity index (χ0n) is 10.8. The molecule has 7 heteroatoms. The number of rotatable bonds is 3. The molecular weight excluding hydrogens is 294 g/mol. The Bertz CT molecular complexity index is 811. The molecule has 108 valence electrons. The van der Waals surface area contributed by atoms with E-state index in [-0.39, 0.29) is 18.3 Å². The Morgan fingerprint density at radius 1 is 1.33 bits per heavy atom. The smallest absolute Gasteiger partial charge is 0.408 e. The molecule has 6 nitrogen and oxygen atoms in total. The number of carbonyl (C=O) groups is 1. The Labute approximate surface area is 125 Å². The molecule has 2 N–H and O–H groups in total. The van der Waals surface area contributed by atoms with Crippen molar-refractivity contribution in [1.82, 2.24) is 15.3 Å². The fraction of sp³-hybridized carbons (Fsp3) is 0.0714. The zero-order chi connectivity index (χ0) is 13.9. The number of H-pyrrole nitrogens is 1. The molecule has 0 spiro atoms. The second kappa shape index (κ2) is 6.23. The number of hydrogen-bond acceptors (Lipinski definition) is 4. The molecule has 0 aliphatic carbocycles. The van der Waals surface area contributed by atoms with Gasteiger partial charge in [-0.1, -0.05) is 6.07 Å². The number of oxazole rings is 1. The van der Waals surface area contributed by atoms with Crippen LogP contribution in [0.25, 0.3) is 11.1 Å². The van der Waals surface area contributed by atoms with E-state index in [4.69, 9.17) is 4.42 Å². The van der Waals surface area contributed by atoms with E-state index >= 15 is 0 Å². The molecular formula is C14H12ClN3O3. The highest BCUT2D eigenvalue weighted by atomic mass is 35.5. The number of nitrogens with zero attached hydrogens (tertiary/aromatic N) is 1. The summed E-state index contributed by atoms with van der Waals surface area (Å²) in [6, 6.07) is 8.67. The average Bonchev–Trinajstić information content (AvgIpc) is 2.85. The third kappa shape index (κ3) is 3.29. The molecule has 0 aliphatic rings. The van der Waals surface area contributed by atoms with Crippen LogP contribution in [-0.4, -0.2) is 15.9 Å². The lowest BCUT2D eigenvalue weighted by molar-refractivity contribution is 0.0950. The molecule has 0 radical (unpaired) electrons. The molecule has 0 fully saturated rings. The van der Waals surface area contributed by atoms with Crippen LogP contribution in [0, 0.1) is 0 Å². The molecule has 1 aromatic carbocycles. The molecule has 0 saturated heterocycles. The van der Waals surface area contributed by atoms with E-state index in [1.165, 1.54) is 6.20 Å². The molecule has 3 aromatic rings. The third-order valence-corrected chi connectivity index (χ3v) is 2.86. The highest BCUT2D eigenvalue weighted by Crippen LogP contribution is 2.12. The van der Waals surface area contributed by atoms with Gasteiger partial charge >= 0.3 is 5.76 Å². The van der Waals surface area contributed by atoms with E-state index in [0.717, 1.165) is 5.56 Å². The highest BCUT2D eigenvalue weighted by Gasteiger charge is 2.06. The van der Waals surface area contributed by atoms with Gasteiger partial charge in [-0.15, -0.1) is 12.4 Å². The number of hydrogen-bond donors (Lipinski definition) is 2. The van der Waals surface area contributed by atoms with E-state index in [0.29, 0.717) is 23.2 Å². The molecule has 21 heavy (non-hydrogen) atoms. The van der Waals surface area contributed by atoms with Gasteiger partial charge in [-0.3, -0.25) is 14.8 Å². The van der Waals surface area contributed by atoms with Crippen molar-refractivity contribution in [2.45, 2.75) is 6.54 Å². The number of halogens is 1. The van der Waals surface area contributed by atoms with Gasteiger partial charge in [-0.25, -0.2) is 4.79 Å². The maximum absolute atomic E-state index is 11.9. The van der Waals surface area contributed by atoms with Crippen LogP contribution in [0.1, 0.15) is 15.9 Å². The number of carbonyl (C=O) groups excluding carboxylic acids is 1. The van der Waals surface area contributed by atoms with Crippen LogP contribution >= 0.6 is 12.4 Å². The SMILES string of the molecule is Cl.O=C(NCc1ccc2[nH]c(=O)oc2c1)c1cccnc1. The molecule has 0 saturated carbocycles. The Hall–Kier alpha value is -2.60. The molecule has 1 amide bonds.